The van der Waals surface area contributed by atoms with Crippen LogP contribution in [-0.4, -0.2) is 4.57 Å². The fraction of sp³-hybridized carbons (Fsp3) is 0. The van der Waals surface area contributed by atoms with Crippen LogP contribution in [0.25, 0.3) is 103 Å². The zero-order chi connectivity index (χ0) is 34.3. The summed E-state index contributed by atoms with van der Waals surface area (Å²) in [4.78, 5) is 0. The fourth-order valence-electron chi connectivity index (χ4n) is 8.01. The van der Waals surface area contributed by atoms with Crippen LogP contribution in [0.2, 0.25) is 0 Å². The minimum Gasteiger partial charge on any atom is -0.454 e. The van der Waals surface area contributed by atoms with E-state index >= 15 is 0 Å². The lowest BCUT2D eigenvalue weighted by Gasteiger charge is -2.10. The summed E-state index contributed by atoms with van der Waals surface area (Å²) in [6, 6.07) is 61.5. The van der Waals surface area contributed by atoms with Crippen LogP contribution in [0.1, 0.15) is 0 Å². The second-order valence-corrected chi connectivity index (χ2v) is 15.5. The summed E-state index contributed by atoms with van der Waals surface area (Å²) < 4.78 is 12.5. The molecule has 244 valence electrons. The molecule has 4 heteroatoms. The summed E-state index contributed by atoms with van der Waals surface area (Å²) >= 11 is 5.73. The summed E-state index contributed by atoms with van der Waals surface area (Å²) in [6.45, 7) is 0. The lowest BCUT2D eigenvalue weighted by Crippen LogP contribution is -1.94. The molecule has 0 saturated heterocycles. The second-order valence-electron chi connectivity index (χ2n) is 13.5. The van der Waals surface area contributed by atoms with Crippen molar-refractivity contribution in [3.8, 4) is 39.1 Å². The van der Waals surface area contributed by atoms with Gasteiger partial charge in [-0.15, -0.1) is 11.3 Å². The molecule has 2 nitrogen and oxygen atoms in total. The minimum atomic E-state index is 0.902. The molecule has 0 aliphatic heterocycles. The van der Waals surface area contributed by atoms with Crippen molar-refractivity contribution in [3.63, 3.8) is 0 Å². The van der Waals surface area contributed by atoms with E-state index in [4.69, 9.17) is 4.42 Å². The molecule has 0 fully saturated rings. The predicted octanol–water partition coefficient (Wildman–Crippen LogP) is 14.8. The molecule has 8 aromatic carbocycles. The van der Waals surface area contributed by atoms with Crippen LogP contribution in [-0.2, 0) is 0 Å². The monoisotopic (exact) mass is 745 g/mol. The molecule has 3 aromatic heterocycles. The standard InChI is InChI=1S/C48H28BrNOS/c49-35-24-33(23-34(25-35)32-19-22-47-41(28-32)40-27-30(18-21-46(40)52-47)29-9-2-1-3-10-29)31-17-20-43-39(26-31)36-11-4-6-14-42(36)50(43)44-15-8-13-38-37-12-5-7-16-45(37)51-48(38)44/h1-28H. The molecule has 0 atom stereocenters. The Labute approximate surface area is 311 Å². The third-order valence-corrected chi connectivity index (χ3v) is 12.0. The van der Waals surface area contributed by atoms with Gasteiger partial charge >= 0.3 is 0 Å². The van der Waals surface area contributed by atoms with Crippen LogP contribution in [0, 0.1) is 0 Å². The highest BCUT2D eigenvalue weighted by molar-refractivity contribution is 9.10. The smallest absolute Gasteiger partial charge is 0.159 e. The minimum absolute atomic E-state index is 0.902. The molecule has 3 heterocycles. The summed E-state index contributed by atoms with van der Waals surface area (Å²) in [5.74, 6) is 0. The first-order valence-electron chi connectivity index (χ1n) is 17.4. The largest absolute Gasteiger partial charge is 0.454 e. The molecular weight excluding hydrogens is 719 g/mol. The molecule has 0 aliphatic carbocycles. The van der Waals surface area contributed by atoms with Gasteiger partial charge in [0.05, 0.1) is 16.7 Å². The molecule has 0 bridgehead atoms. The maximum Gasteiger partial charge on any atom is 0.159 e. The first kappa shape index (κ1) is 29.8. The predicted molar refractivity (Wildman–Crippen MR) is 225 cm³/mol. The Bertz CT molecular complexity index is 3200. The summed E-state index contributed by atoms with van der Waals surface area (Å²) in [6.07, 6.45) is 0. The topological polar surface area (TPSA) is 18.1 Å². The number of furan rings is 1. The van der Waals surface area contributed by atoms with Crippen LogP contribution in [0.3, 0.4) is 0 Å². The average molecular weight is 747 g/mol. The Hall–Kier alpha value is -5.94. The number of rotatable bonds is 4. The molecule has 0 aliphatic rings. The summed E-state index contributed by atoms with van der Waals surface area (Å²) in [5, 5.41) is 7.29. The van der Waals surface area contributed by atoms with Gasteiger partial charge in [0.1, 0.15) is 5.58 Å². The lowest BCUT2D eigenvalue weighted by atomic mass is 9.96. The van der Waals surface area contributed by atoms with E-state index in [2.05, 4.69) is 178 Å². The van der Waals surface area contributed by atoms with Crippen molar-refractivity contribution in [1.82, 2.24) is 4.57 Å². The Balaban J connectivity index is 1.05. The molecular formula is C48H28BrNOS. The van der Waals surface area contributed by atoms with E-state index in [-0.39, 0.29) is 0 Å². The summed E-state index contributed by atoms with van der Waals surface area (Å²) in [5.41, 5.74) is 12.4. The lowest BCUT2D eigenvalue weighted by molar-refractivity contribution is 0.666. The van der Waals surface area contributed by atoms with Crippen molar-refractivity contribution in [2.75, 3.05) is 0 Å². The van der Waals surface area contributed by atoms with Crippen molar-refractivity contribution in [2.45, 2.75) is 0 Å². The third kappa shape index (κ3) is 4.61. The molecule has 0 saturated carbocycles. The van der Waals surface area contributed by atoms with Crippen molar-refractivity contribution in [3.05, 3.63) is 174 Å². The maximum atomic E-state index is 6.51. The normalized spacial score (nSPS) is 11.9. The van der Waals surface area contributed by atoms with E-state index < -0.39 is 0 Å². The molecule has 11 aromatic rings. The second kappa shape index (κ2) is 11.5. The van der Waals surface area contributed by atoms with E-state index in [1.807, 2.05) is 23.5 Å². The highest BCUT2D eigenvalue weighted by Crippen LogP contribution is 2.42. The highest BCUT2D eigenvalue weighted by Gasteiger charge is 2.18. The summed E-state index contributed by atoms with van der Waals surface area (Å²) in [7, 11) is 0. The number of aromatic nitrogens is 1. The van der Waals surface area contributed by atoms with Gasteiger partial charge in [0.25, 0.3) is 0 Å². The zero-order valence-corrected chi connectivity index (χ0v) is 30.2. The van der Waals surface area contributed by atoms with E-state index in [1.165, 1.54) is 64.3 Å². The van der Waals surface area contributed by atoms with Gasteiger partial charge in [-0.05, 0) is 106 Å². The number of hydrogen-bond donors (Lipinski definition) is 0. The number of halogens is 1. The maximum absolute atomic E-state index is 6.51. The first-order valence-corrected chi connectivity index (χ1v) is 19.0. The van der Waals surface area contributed by atoms with Crippen molar-refractivity contribution in [1.29, 1.82) is 0 Å². The Morgan fingerprint density at radius 1 is 0.404 bits per heavy atom. The van der Waals surface area contributed by atoms with Gasteiger partial charge in [-0.3, -0.25) is 0 Å². The van der Waals surface area contributed by atoms with Crippen molar-refractivity contribution < 1.29 is 4.42 Å². The van der Waals surface area contributed by atoms with Crippen LogP contribution < -0.4 is 0 Å². The SMILES string of the molecule is Brc1cc(-c2ccc3sc4ccc(-c5ccccc5)cc4c3c2)cc(-c2ccc3c(c2)c2ccccc2n3-c2cccc3c2oc2ccccc23)c1. The quantitative estimate of drug-likeness (QED) is 0.175. The van der Waals surface area contributed by atoms with Crippen molar-refractivity contribution >= 4 is 91.2 Å². The Morgan fingerprint density at radius 2 is 1.00 bits per heavy atom. The molecule has 52 heavy (non-hydrogen) atoms. The third-order valence-electron chi connectivity index (χ3n) is 10.4. The molecule has 0 amide bonds. The van der Waals surface area contributed by atoms with Gasteiger partial charge in [0.15, 0.2) is 5.58 Å². The number of nitrogens with zero attached hydrogens (tertiary/aromatic N) is 1. The molecule has 0 unspecified atom stereocenters. The number of benzene rings is 8. The van der Waals surface area contributed by atoms with E-state index in [0.29, 0.717) is 0 Å². The highest BCUT2D eigenvalue weighted by atomic mass is 79.9. The van der Waals surface area contributed by atoms with Gasteiger partial charge in [-0.25, -0.2) is 0 Å². The fourth-order valence-corrected chi connectivity index (χ4v) is 9.57. The van der Waals surface area contributed by atoms with Crippen LogP contribution in [0.5, 0.6) is 0 Å². The Morgan fingerprint density at radius 3 is 1.77 bits per heavy atom. The molecule has 0 spiro atoms. The number of fused-ring (bicyclic) bond motifs is 9. The van der Waals surface area contributed by atoms with E-state index in [0.717, 1.165) is 43.1 Å². The van der Waals surface area contributed by atoms with E-state index in [9.17, 15) is 0 Å². The number of hydrogen-bond acceptors (Lipinski definition) is 2. The van der Waals surface area contributed by atoms with Gasteiger partial charge in [-0.1, -0.05) is 113 Å². The molecule has 0 N–H and O–H groups in total. The van der Waals surface area contributed by atoms with E-state index in [1.54, 1.807) is 0 Å². The zero-order valence-electron chi connectivity index (χ0n) is 27.8. The number of thiophene rings is 1. The average Bonchev–Trinajstić information content (AvgIpc) is 3.87. The molecule has 0 radical (unpaired) electrons. The van der Waals surface area contributed by atoms with Gasteiger partial charge < -0.3 is 8.98 Å². The van der Waals surface area contributed by atoms with Crippen LogP contribution in [0.4, 0.5) is 0 Å². The molecule has 11 rings (SSSR count). The van der Waals surface area contributed by atoms with Crippen molar-refractivity contribution in [2.24, 2.45) is 0 Å². The van der Waals surface area contributed by atoms with Crippen LogP contribution >= 0.6 is 27.3 Å². The van der Waals surface area contributed by atoms with Gasteiger partial charge in [0.2, 0.25) is 0 Å². The van der Waals surface area contributed by atoms with Crippen LogP contribution in [0.15, 0.2) is 179 Å². The number of para-hydroxylation sites is 3. The first-order chi connectivity index (χ1) is 25.7. The van der Waals surface area contributed by atoms with Gasteiger partial charge in [-0.2, -0.15) is 0 Å². The Kier molecular flexibility index (Phi) is 6.60. The van der Waals surface area contributed by atoms with Gasteiger partial charge in [0, 0.05) is 46.2 Å².